The number of para-hydroxylation sites is 1. The van der Waals surface area contributed by atoms with Crippen molar-refractivity contribution >= 4 is 23.5 Å². The summed E-state index contributed by atoms with van der Waals surface area (Å²) in [6, 6.07) is 12.2. The molecule has 2 aromatic carbocycles. The molecule has 33 heavy (non-hydrogen) atoms. The molecule has 1 heterocycles. The highest BCUT2D eigenvalue weighted by molar-refractivity contribution is 5.96. The zero-order valence-corrected chi connectivity index (χ0v) is 17.1. The minimum absolute atomic E-state index is 0.235. The molecule has 0 aliphatic carbocycles. The smallest absolute Gasteiger partial charge is 0.374 e. The summed E-state index contributed by atoms with van der Waals surface area (Å²) in [5.74, 6) is -4.61. The van der Waals surface area contributed by atoms with Crippen molar-refractivity contribution in [1.29, 1.82) is 0 Å². The van der Waals surface area contributed by atoms with E-state index < -0.39 is 35.5 Å². The monoisotopic (exact) mass is 468 g/mol. The highest BCUT2D eigenvalue weighted by Gasteiger charge is 2.39. The molecule has 1 saturated heterocycles. The average Bonchev–Trinajstić information content (AvgIpc) is 2.77. The quantitative estimate of drug-likeness (QED) is 0.475. The van der Waals surface area contributed by atoms with E-state index in [2.05, 4.69) is 5.32 Å². The standard InChI is InChI=1S/C21H20F4N4O4/c22-17-11-13(6-7-16(17)18(30)27-28-19(31)21(23,24)25)10-15-12-29(8-9-33-15)20(32)26-14-4-2-1-3-5-14/h1-7,11,15H,8-10,12H2,(H,26,32)(H,27,30)(H,28,31). The Hall–Kier alpha value is -3.67. The maximum atomic E-state index is 14.3. The maximum Gasteiger partial charge on any atom is 0.472 e. The van der Waals surface area contributed by atoms with Crippen molar-refractivity contribution in [1.82, 2.24) is 15.8 Å². The molecule has 4 amide bonds. The summed E-state index contributed by atoms with van der Waals surface area (Å²) in [4.78, 5) is 36.6. The van der Waals surface area contributed by atoms with E-state index in [4.69, 9.17) is 4.74 Å². The van der Waals surface area contributed by atoms with Crippen molar-refractivity contribution in [3.8, 4) is 0 Å². The first kappa shape index (κ1) is 24.0. The molecule has 2 aromatic rings. The van der Waals surface area contributed by atoms with Crippen LogP contribution < -0.4 is 16.2 Å². The number of hydrogen-bond acceptors (Lipinski definition) is 4. The molecule has 176 valence electrons. The molecule has 12 heteroatoms. The number of morpholine rings is 1. The van der Waals surface area contributed by atoms with Gasteiger partial charge in [-0.15, -0.1) is 0 Å². The summed E-state index contributed by atoms with van der Waals surface area (Å²) >= 11 is 0. The fraction of sp³-hybridized carbons (Fsp3) is 0.286. The topological polar surface area (TPSA) is 99.8 Å². The number of carbonyl (C=O) groups excluding carboxylic acids is 3. The zero-order valence-electron chi connectivity index (χ0n) is 17.1. The second kappa shape index (κ2) is 10.3. The van der Waals surface area contributed by atoms with Gasteiger partial charge in [0.25, 0.3) is 5.91 Å². The predicted octanol–water partition coefficient (Wildman–Crippen LogP) is 2.62. The van der Waals surface area contributed by atoms with E-state index in [1.165, 1.54) is 16.9 Å². The minimum Gasteiger partial charge on any atom is -0.374 e. The average molecular weight is 468 g/mol. The molecule has 1 aliphatic rings. The van der Waals surface area contributed by atoms with E-state index in [0.717, 1.165) is 12.1 Å². The summed E-state index contributed by atoms with van der Waals surface area (Å²) < 4.78 is 56.5. The molecule has 0 bridgehead atoms. The van der Waals surface area contributed by atoms with Crippen molar-refractivity contribution in [3.05, 3.63) is 65.5 Å². The molecule has 1 fully saturated rings. The first-order chi connectivity index (χ1) is 15.6. The Bertz CT molecular complexity index is 1020. The molecule has 0 radical (unpaired) electrons. The second-order valence-corrected chi connectivity index (χ2v) is 7.16. The predicted molar refractivity (Wildman–Crippen MR) is 109 cm³/mol. The number of halogens is 4. The van der Waals surface area contributed by atoms with Crippen LogP contribution >= 0.6 is 0 Å². The van der Waals surface area contributed by atoms with Gasteiger partial charge in [-0.25, -0.2) is 9.18 Å². The van der Waals surface area contributed by atoms with Gasteiger partial charge in [0, 0.05) is 25.2 Å². The number of ether oxygens (including phenoxy) is 1. The van der Waals surface area contributed by atoms with Gasteiger partial charge in [0.15, 0.2) is 0 Å². The number of rotatable bonds is 4. The third-order valence-electron chi connectivity index (χ3n) is 4.74. The van der Waals surface area contributed by atoms with Crippen molar-refractivity contribution in [2.24, 2.45) is 0 Å². The van der Waals surface area contributed by atoms with Gasteiger partial charge in [-0.2, -0.15) is 13.2 Å². The Labute approximate surface area is 185 Å². The van der Waals surface area contributed by atoms with Crippen LogP contribution in [0.1, 0.15) is 15.9 Å². The number of alkyl halides is 3. The van der Waals surface area contributed by atoms with Gasteiger partial charge in [-0.3, -0.25) is 20.4 Å². The van der Waals surface area contributed by atoms with Crippen molar-refractivity contribution < 1.29 is 36.7 Å². The molecular formula is C21H20F4N4O4. The minimum atomic E-state index is -5.19. The van der Waals surface area contributed by atoms with Crippen LogP contribution in [0.2, 0.25) is 0 Å². The molecule has 3 N–H and O–H groups in total. The number of nitrogens with zero attached hydrogens (tertiary/aromatic N) is 1. The fourth-order valence-corrected chi connectivity index (χ4v) is 3.14. The first-order valence-corrected chi connectivity index (χ1v) is 9.82. The summed E-state index contributed by atoms with van der Waals surface area (Å²) in [7, 11) is 0. The van der Waals surface area contributed by atoms with E-state index >= 15 is 0 Å². The van der Waals surface area contributed by atoms with Gasteiger partial charge in [-0.05, 0) is 29.8 Å². The van der Waals surface area contributed by atoms with Crippen molar-refractivity contribution in [3.63, 3.8) is 0 Å². The van der Waals surface area contributed by atoms with Gasteiger partial charge < -0.3 is 15.0 Å². The highest BCUT2D eigenvalue weighted by atomic mass is 19.4. The van der Waals surface area contributed by atoms with E-state index in [1.807, 2.05) is 6.07 Å². The van der Waals surface area contributed by atoms with Gasteiger partial charge in [0.1, 0.15) is 5.82 Å². The lowest BCUT2D eigenvalue weighted by Gasteiger charge is -2.33. The summed E-state index contributed by atoms with van der Waals surface area (Å²) in [6.07, 6.45) is -5.38. The summed E-state index contributed by atoms with van der Waals surface area (Å²) in [6.45, 7) is 0.924. The molecule has 1 aliphatic heterocycles. The number of hydrogen-bond donors (Lipinski definition) is 3. The first-order valence-electron chi connectivity index (χ1n) is 9.82. The van der Waals surface area contributed by atoms with Crippen LogP contribution in [0.5, 0.6) is 0 Å². The third-order valence-corrected chi connectivity index (χ3v) is 4.74. The Balaban J connectivity index is 1.56. The molecule has 0 spiro atoms. The lowest BCUT2D eigenvalue weighted by atomic mass is 10.0. The van der Waals surface area contributed by atoms with E-state index in [1.54, 1.807) is 29.2 Å². The van der Waals surface area contributed by atoms with Crippen LogP contribution in [0.15, 0.2) is 48.5 Å². The van der Waals surface area contributed by atoms with Crippen LogP contribution in [0, 0.1) is 5.82 Å². The molecule has 1 unspecified atom stereocenters. The number of anilines is 1. The number of amides is 4. The zero-order chi connectivity index (χ0) is 24.0. The lowest BCUT2D eigenvalue weighted by Crippen LogP contribution is -2.48. The Morgan fingerprint density at radius 1 is 1.06 bits per heavy atom. The summed E-state index contributed by atoms with van der Waals surface area (Å²) in [5, 5.41) is 2.78. The van der Waals surface area contributed by atoms with Gasteiger partial charge in [-0.1, -0.05) is 24.3 Å². The number of hydrazine groups is 1. The SMILES string of the molecule is O=C(NNC(=O)C(F)(F)F)c1ccc(CC2CN(C(=O)Nc3ccccc3)CCO2)cc1F. The summed E-state index contributed by atoms with van der Waals surface area (Å²) in [5.41, 5.74) is 3.24. The Morgan fingerprint density at radius 3 is 2.45 bits per heavy atom. The van der Waals surface area contributed by atoms with Crippen molar-refractivity contribution in [2.45, 2.75) is 18.7 Å². The Morgan fingerprint density at radius 2 is 1.79 bits per heavy atom. The number of urea groups is 1. The lowest BCUT2D eigenvalue weighted by molar-refractivity contribution is -0.174. The van der Waals surface area contributed by atoms with Gasteiger partial charge in [0.2, 0.25) is 0 Å². The molecular weight excluding hydrogens is 448 g/mol. The van der Waals surface area contributed by atoms with E-state index in [-0.39, 0.29) is 25.6 Å². The van der Waals surface area contributed by atoms with E-state index in [9.17, 15) is 31.9 Å². The van der Waals surface area contributed by atoms with Gasteiger partial charge >= 0.3 is 18.1 Å². The van der Waals surface area contributed by atoms with E-state index in [0.29, 0.717) is 17.8 Å². The maximum absolute atomic E-state index is 14.3. The second-order valence-electron chi connectivity index (χ2n) is 7.16. The number of benzene rings is 2. The molecule has 0 saturated carbocycles. The van der Waals surface area contributed by atoms with Crippen LogP contribution in [-0.4, -0.2) is 54.7 Å². The fourth-order valence-electron chi connectivity index (χ4n) is 3.14. The Kier molecular flexibility index (Phi) is 7.48. The van der Waals surface area contributed by atoms with Crippen LogP contribution in [0.25, 0.3) is 0 Å². The molecule has 0 aromatic heterocycles. The number of carbonyl (C=O) groups is 3. The third kappa shape index (κ3) is 6.65. The largest absolute Gasteiger partial charge is 0.472 e. The molecule has 8 nitrogen and oxygen atoms in total. The number of nitrogens with one attached hydrogen (secondary N) is 3. The normalized spacial score (nSPS) is 16.1. The van der Waals surface area contributed by atoms with Crippen LogP contribution in [0.4, 0.5) is 28.0 Å². The van der Waals surface area contributed by atoms with Crippen LogP contribution in [-0.2, 0) is 16.0 Å². The highest BCUT2D eigenvalue weighted by Crippen LogP contribution is 2.17. The van der Waals surface area contributed by atoms with Crippen molar-refractivity contribution in [2.75, 3.05) is 25.0 Å². The van der Waals surface area contributed by atoms with Crippen LogP contribution in [0.3, 0.4) is 0 Å². The van der Waals surface area contributed by atoms with Gasteiger partial charge in [0.05, 0.1) is 18.3 Å². The molecule has 1 atom stereocenters. The molecule has 3 rings (SSSR count).